The largest absolute Gasteiger partial charge is 0.380 e. The maximum atomic E-state index is 13.0. The van der Waals surface area contributed by atoms with Gasteiger partial charge in [0.15, 0.2) is 23.3 Å². The third-order valence-electron chi connectivity index (χ3n) is 1.59. The highest BCUT2D eigenvalue weighted by molar-refractivity contribution is 9.10. The summed E-state index contributed by atoms with van der Waals surface area (Å²) in [6, 6.07) is 0. The van der Waals surface area contributed by atoms with E-state index in [1.807, 2.05) is 0 Å². The number of halogens is 5. The first-order chi connectivity index (χ1) is 6.50. The summed E-state index contributed by atoms with van der Waals surface area (Å²) >= 11 is 2.40. The normalized spacial score (nSPS) is 10.7. The van der Waals surface area contributed by atoms with Crippen molar-refractivity contribution in [1.29, 1.82) is 0 Å². The molecule has 0 aliphatic carbocycles. The lowest BCUT2D eigenvalue weighted by Gasteiger charge is -2.07. The Morgan fingerprint density at radius 1 is 1.00 bits per heavy atom. The van der Waals surface area contributed by atoms with Gasteiger partial charge in [0.05, 0.1) is 16.6 Å². The third-order valence-corrected chi connectivity index (χ3v) is 2.29. The van der Waals surface area contributed by atoms with Crippen LogP contribution in [0, 0.1) is 23.3 Å². The van der Waals surface area contributed by atoms with Gasteiger partial charge in [0.2, 0.25) is 0 Å². The third kappa shape index (κ3) is 1.76. The number of ether oxygens (including phenoxy) is 1. The molecule has 0 heterocycles. The van der Waals surface area contributed by atoms with Gasteiger partial charge in [-0.15, -0.1) is 0 Å². The predicted octanol–water partition coefficient (Wildman–Crippen LogP) is 3.15. The standard InChI is InChI=1S/C8H5BrF4O/c1-14-2-3-5(10)7(12)4(9)8(13)6(3)11/h2H2,1H3. The van der Waals surface area contributed by atoms with E-state index < -0.39 is 39.9 Å². The van der Waals surface area contributed by atoms with Gasteiger partial charge in [0.25, 0.3) is 0 Å². The predicted molar refractivity (Wildman–Crippen MR) is 44.7 cm³/mol. The highest BCUT2D eigenvalue weighted by Crippen LogP contribution is 2.28. The van der Waals surface area contributed by atoms with E-state index in [9.17, 15) is 17.6 Å². The van der Waals surface area contributed by atoms with Crippen molar-refractivity contribution in [3.63, 3.8) is 0 Å². The van der Waals surface area contributed by atoms with E-state index in [1.165, 1.54) is 0 Å². The average molecular weight is 273 g/mol. The van der Waals surface area contributed by atoms with E-state index in [4.69, 9.17) is 0 Å². The molecule has 0 atom stereocenters. The minimum Gasteiger partial charge on any atom is -0.380 e. The molecule has 0 saturated heterocycles. The molecule has 0 radical (unpaired) electrons. The zero-order valence-corrected chi connectivity index (χ0v) is 8.59. The lowest BCUT2D eigenvalue weighted by atomic mass is 10.2. The van der Waals surface area contributed by atoms with Crippen molar-refractivity contribution >= 4 is 15.9 Å². The molecule has 0 aliphatic rings. The summed E-state index contributed by atoms with van der Waals surface area (Å²) in [4.78, 5) is 0. The molecule has 0 bridgehead atoms. The molecule has 1 aromatic rings. The first-order valence-corrected chi connectivity index (χ1v) is 4.29. The van der Waals surface area contributed by atoms with Crippen LogP contribution in [0.1, 0.15) is 5.56 Å². The van der Waals surface area contributed by atoms with Crippen LogP contribution >= 0.6 is 15.9 Å². The van der Waals surface area contributed by atoms with Crippen molar-refractivity contribution in [2.75, 3.05) is 7.11 Å². The molecule has 0 aliphatic heterocycles. The van der Waals surface area contributed by atoms with Crippen LogP contribution in [0.5, 0.6) is 0 Å². The highest BCUT2D eigenvalue weighted by Gasteiger charge is 2.23. The molecule has 0 spiro atoms. The fourth-order valence-corrected chi connectivity index (χ4v) is 1.27. The second-order valence-electron chi connectivity index (χ2n) is 2.48. The van der Waals surface area contributed by atoms with Crippen molar-refractivity contribution in [1.82, 2.24) is 0 Å². The molecule has 0 aromatic heterocycles. The Hall–Kier alpha value is -0.620. The smallest absolute Gasteiger partial charge is 0.176 e. The van der Waals surface area contributed by atoms with Crippen LogP contribution in [0.2, 0.25) is 0 Å². The number of hydrogen-bond donors (Lipinski definition) is 0. The molecular formula is C8H5BrF4O. The topological polar surface area (TPSA) is 9.23 Å². The first-order valence-electron chi connectivity index (χ1n) is 3.50. The van der Waals surface area contributed by atoms with Crippen LogP contribution in [0.15, 0.2) is 4.47 Å². The summed E-state index contributed by atoms with van der Waals surface area (Å²) < 4.78 is 55.3. The Bertz CT molecular complexity index is 338. The summed E-state index contributed by atoms with van der Waals surface area (Å²) in [5, 5.41) is 0. The van der Waals surface area contributed by atoms with E-state index in [0.29, 0.717) is 0 Å². The van der Waals surface area contributed by atoms with Crippen molar-refractivity contribution < 1.29 is 22.3 Å². The molecule has 0 N–H and O–H groups in total. The molecule has 1 aromatic carbocycles. The fraction of sp³-hybridized carbons (Fsp3) is 0.250. The Morgan fingerprint density at radius 3 is 1.79 bits per heavy atom. The average Bonchev–Trinajstić information content (AvgIpc) is 2.19. The van der Waals surface area contributed by atoms with E-state index in [-0.39, 0.29) is 0 Å². The van der Waals surface area contributed by atoms with Gasteiger partial charge in [0.1, 0.15) is 0 Å². The summed E-state index contributed by atoms with van der Waals surface area (Å²) in [6.45, 7) is -0.529. The quantitative estimate of drug-likeness (QED) is 0.457. The van der Waals surface area contributed by atoms with Crippen molar-refractivity contribution in [3.05, 3.63) is 33.3 Å². The number of methoxy groups -OCH3 is 1. The molecule has 78 valence electrons. The molecule has 0 amide bonds. The second-order valence-corrected chi connectivity index (χ2v) is 3.27. The van der Waals surface area contributed by atoms with Crippen LogP contribution in [0.4, 0.5) is 17.6 Å². The van der Waals surface area contributed by atoms with E-state index in [2.05, 4.69) is 20.7 Å². The fourth-order valence-electron chi connectivity index (χ4n) is 0.921. The number of benzene rings is 1. The molecule has 1 nitrogen and oxygen atoms in total. The number of hydrogen-bond acceptors (Lipinski definition) is 1. The minimum atomic E-state index is -1.46. The molecule has 0 saturated carbocycles. The van der Waals surface area contributed by atoms with Gasteiger partial charge in [-0.05, 0) is 15.9 Å². The molecule has 1 rings (SSSR count). The van der Waals surface area contributed by atoms with Gasteiger partial charge < -0.3 is 4.74 Å². The highest BCUT2D eigenvalue weighted by atomic mass is 79.9. The van der Waals surface area contributed by atoms with Crippen LogP contribution in [-0.4, -0.2) is 7.11 Å². The maximum Gasteiger partial charge on any atom is 0.176 e. The Balaban J connectivity index is 3.43. The summed E-state index contributed by atoms with van der Waals surface area (Å²) in [5.41, 5.74) is -0.759. The van der Waals surface area contributed by atoms with E-state index in [0.717, 1.165) is 7.11 Å². The molecule has 14 heavy (non-hydrogen) atoms. The Labute approximate surface area is 85.8 Å². The van der Waals surface area contributed by atoms with Crippen molar-refractivity contribution in [2.24, 2.45) is 0 Å². The summed E-state index contributed by atoms with van der Waals surface area (Å²) in [5.74, 6) is -5.82. The maximum absolute atomic E-state index is 13.0. The van der Waals surface area contributed by atoms with Gasteiger partial charge in [-0.2, -0.15) is 0 Å². The molecule has 0 unspecified atom stereocenters. The molecule has 0 fully saturated rings. The van der Waals surface area contributed by atoms with Gasteiger partial charge in [-0.1, -0.05) is 0 Å². The Morgan fingerprint density at radius 2 is 1.43 bits per heavy atom. The lowest BCUT2D eigenvalue weighted by Crippen LogP contribution is -2.05. The van der Waals surface area contributed by atoms with Crippen molar-refractivity contribution in [3.8, 4) is 0 Å². The monoisotopic (exact) mass is 272 g/mol. The zero-order chi connectivity index (χ0) is 10.9. The van der Waals surface area contributed by atoms with Gasteiger partial charge in [-0.3, -0.25) is 0 Å². The van der Waals surface area contributed by atoms with E-state index in [1.54, 1.807) is 0 Å². The minimum absolute atomic E-state index is 0.529. The molecule has 6 heteroatoms. The van der Waals surface area contributed by atoms with Crippen LogP contribution in [0.3, 0.4) is 0 Å². The second kappa shape index (κ2) is 4.27. The van der Waals surface area contributed by atoms with Gasteiger partial charge in [-0.25, -0.2) is 17.6 Å². The molecular weight excluding hydrogens is 268 g/mol. The van der Waals surface area contributed by atoms with E-state index >= 15 is 0 Å². The van der Waals surface area contributed by atoms with Crippen molar-refractivity contribution in [2.45, 2.75) is 6.61 Å². The lowest BCUT2D eigenvalue weighted by molar-refractivity contribution is 0.175. The van der Waals surface area contributed by atoms with Gasteiger partial charge in [0, 0.05) is 7.11 Å². The van der Waals surface area contributed by atoms with Crippen LogP contribution < -0.4 is 0 Å². The Kier molecular flexibility index (Phi) is 3.49. The first kappa shape index (κ1) is 11.5. The van der Waals surface area contributed by atoms with Gasteiger partial charge >= 0.3 is 0 Å². The SMILES string of the molecule is COCc1c(F)c(F)c(Br)c(F)c1F. The summed E-state index contributed by atoms with van der Waals surface area (Å²) in [7, 11) is 1.16. The summed E-state index contributed by atoms with van der Waals surface area (Å²) in [6.07, 6.45) is 0. The number of rotatable bonds is 2. The van der Waals surface area contributed by atoms with Crippen LogP contribution in [0.25, 0.3) is 0 Å². The van der Waals surface area contributed by atoms with Crippen LogP contribution in [-0.2, 0) is 11.3 Å². The zero-order valence-electron chi connectivity index (χ0n) is 7.01.